The second-order valence-corrected chi connectivity index (χ2v) is 7.21. The zero-order valence-electron chi connectivity index (χ0n) is 15.3. The minimum Gasteiger partial charge on any atom is -0.354 e. The van der Waals surface area contributed by atoms with Crippen molar-refractivity contribution < 1.29 is 4.79 Å². The van der Waals surface area contributed by atoms with E-state index in [9.17, 15) is 4.79 Å². The highest BCUT2D eigenvalue weighted by atomic mass is 16.1. The predicted octanol–water partition coefficient (Wildman–Crippen LogP) is 4.93. The lowest BCUT2D eigenvalue weighted by molar-refractivity contribution is 0.0933. The second kappa shape index (κ2) is 7.68. The summed E-state index contributed by atoms with van der Waals surface area (Å²) >= 11 is 0. The summed E-state index contributed by atoms with van der Waals surface area (Å²) in [4.78, 5) is 16.6. The molecule has 25 heavy (non-hydrogen) atoms. The van der Waals surface area contributed by atoms with Gasteiger partial charge < -0.3 is 10.6 Å². The Labute approximate surface area is 150 Å². The van der Waals surface area contributed by atoms with Crippen LogP contribution < -0.4 is 10.6 Å². The Bertz CT molecular complexity index is 731. The van der Waals surface area contributed by atoms with Crippen LogP contribution in [-0.4, -0.2) is 16.9 Å². The molecule has 0 atom stereocenters. The van der Waals surface area contributed by atoms with Crippen molar-refractivity contribution in [1.29, 1.82) is 0 Å². The molecule has 1 aliphatic rings. The highest BCUT2D eigenvalue weighted by molar-refractivity contribution is 5.92. The van der Waals surface area contributed by atoms with E-state index in [1.54, 1.807) is 12.3 Å². The predicted molar refractivity (Wildman–Crippen MR) is 103 cm³/mol. The van der Waals surface area contributed by atoms with Gasteiger partial charge in [0.15, 0.2) is 0 Å². The molecule has 0 unspecified atom stereocenters. The average molecular weight is 337 g/mol. The lowest BCUT2D eigenvalue weighted by Crippen LogP contribution is -2.33. The summed E-state index contributed by atoms with van der Waals surface area (Å²) in [7, 11) is 0. The van der Waals surface area contributed by atoms with Gasteiger partial charge >= 0.3 is 0 Å². The third kappa shape index (κ3) is 4.19. The van der Waals surface area contributed by atoms with Crippen molar-refractivity contribution in [3.05, 3.63) is 53.3 Å². The van der Waals surface area contributed by atoms with Crippen LogP contribution in [0.5, 0.6) is 0 Å². The molecule has 0 spiro atoms. The van der Waals surface area contributed by atoms with E-state index in [0.717, 1.165) is 24.2 Å². The van der Waals surface area contributed by atoms with E-state index in [1.165, 1.54) is 24.0 Å². The molecule has 3 rings (SSSR count). The Morgan fingerprint density at radius 3 is 2.56 bits per heavy atom. The van der Waals surface area contributed by atoms with Gasteiger partial charge in [-0.05, 0) is 48.9 Å². The molecule has 1 saturated carbocycles. The molecule has 0 aliphatic heterocycles. The third-order valence-corrected chi connectivity index (χ3v) is 4.88. The lowest BCUT2D eigenvalue weighted by Gasteiger charge is -2.17. The number of aromatic nitrogens is 1. The first-order chi connectivity index (χ1) is 12.0. The van der Waals surface area contributed by atoms with Crippen molar-refractivity contribution >= 4 is 17.3 Å². The molecule has 0 bridgehead atoms. The Kier molecular flexibility index (Phi) is 5.37. The maximum absolute atomic E-state index is 12.3. The zero-order valence-corrected chi connectivity index (χ0v) is 15.3. The number of nitrogens with one attached hydrogen (secondary N) is 2. The summed E-state index contributed by atoms with van der Waals surface area (Å²) in [5.41, 5.74) is 4.99. The molecule has 2 N–H and O–H groups in total. The number of hydrogen-bond acceptors (Lipinski definition) is 3. The first kappa shape index (κ1) is 17.5. The lowest BCUT2D eigenvalue weighted by atomic mass is 9.98. The molecule has 1 heterocycles. The number of carbonyl (C=O) groups excluding carboxylic acids is 1. The molecule has 4 heteroatoms. The maximum atomic E-state index is 12.3. The molecule has 0 radical (unpaired) electrons. The summed E-state index contributed by atoms with van der Waals surface area (Å²) in [6, 6.07) is 10.4. The molecular formula is C21H27N3O. The van der Waals surface area contributed by atoms with Gasteiger partial charge in [-0.15, -0.1) is 0 Å². The van der Waals surface area contributed by atoms with Crippen LogP contribution in [0.2, 0.25) is 0 Å². The number of para-hydroxylation sites is 1. The number of amides is 1. The largest absolute Gasteiger partial charge is 0.354 e. The summed E-state index contributed by atoms with van der Waals surface area (Å²) in [6.07, 6.45) is 6.30. The van der Waals surface area contributed by atoms with Gasteiger partial charge in [-0.3, -0.25) is 4.79 Å². The number of carbonyl (C=O) groups is 1. The van der Waals surface area contributed by atoms with Crippen LogP contribution in [-0.2, 0) is 0 Å². The minimum atomic E-state index is -0.0720. The number of benzene rings is 1. The number of rotatable bonds is 5. The quantitative estimate of drug-likeness (QED) is 0.813. The number of aryl methyl sites for hydroxylation is 1. The SMILES string of the molecule is Cc1cccc(C(C)C)c1Nc1ccc(C(=O)NC2CCCC2)nc1. The summed E-state index contributed by atoms with van der Waals surface area (Å²) < 4.78 is 0. The van der Waals surface area contributed by atoms with E-state index in [4.69, 9.17) is 0 Å². The van der Waals surface area contributed by atoms with E-state index < -0.39 is 0 Å². The molecular weight excluding hydrogens is 310 g/mol. The third-order valence-electron chi connectivity index (χ3n) is 4.88. The van der Waals surface area contributed by atoms with Gasteiger partial charge in [0.2, 0.25) is 0 Å². The maximum Gasteiger partial charge on any atom is 0.270 e. The molecule has 1 fully saturated rings. The smallest absolute Gasteiger partial charge is 0.270 e. The minimum absolute atomic E-state index is 0.0720. The fraction of sp³-hybridized carbons (Fsp3) is 0.429. The molecule has 132 valence electrons. The Morgan fingerprint density at radius 1 is 1.16 bits per heavy atom. The molecule has 0 saturated heterocycles. The number of nitrogens with zero attached hydrogens (tertiary/aromatic N) is 1. The average Bonchev–Trinajstić information content (AvgIpc) is 3.10. The first-order valence-electron chi connectivity index (χ1n) is 9.18. The monoisotopic (exact) mass is 337 g/mol. The van der Waals surface area contributed by atoms with Crippen LogP contribution >= 0.6 is 0 Å². The van der Waals surface area contributed by atoms with Crippen LogP contribution in [0.3, 0.4) is 0 Å². The van der Waals surface area contributed by atoms with Crippen molar-refractivity contribution in [2.24, 2.45) is 0 Å². The topological polar surface area (TPSA) is 54.0 Å². The van der Waals surface area contributed by atoms with E-state index in [1.807, 2.05) is 6.07 Å². The van der Waals surface area contributed by atoms with Gasteiger partial charge in [0, 0.05) is 11.7 Å². The van der Waals surface area contributed by atoms with Crippen molar-refractivity contribution in [2.45, 2.75) is 58.4 Å². The molecule has 1 aliphatic carbocycles. The van der Waals surface area contributed by atoms with Gasteiger partial charge in [0.05, 0.1) is 11.9 Å². The fourth-order valence-electron chi connectivity index (χ4n) is 3.42. The van der Waals surface area contributed by atoms with Crippen molar-refractivity contribution in [3.63, 3.8) is 0 Å². The van der Waals surface area contributed by atoms with Gasteiger partial charge in [-0.2, -0.15) is 0 Å². The van der Waals surface area contributed by atoms with Gasteiger partial charge in [0.1, 0.15) is 5.69 Å². The fourth-order valence-corrected chi connectivity index (χ4v) is 3.42. The van der Waals surface area contributed by atoms with E-state index in [-0.39, 0.29) is 5.91 Å². The second-order valence-electron chi connectivity index (χ2n) is 7.21. The number of hydrogen-bond donors (Lipinski definition) is 2. The van der Waals surface area contributed by atoms with Gasteiger partial charge in [-0.25, -0.2) is 4.98 Å². The Hall–Kier alpha value is -2.36. The molecule has 1 amide bonds. The summed E-state index contributed by atoms with van der Waals surface area (Å²) in [5, 5.41) is 6.54. The van der Waals surface area contributed by atoms with Gasteiger partial charge in [-0.1, -0.05) is 44.9 Å². The Morgan fingerprint density at radius 2 is 1.92 bits per heavy atom. The highest BCUT2D eigenvalue weighted by Gasteiger charge is 2.18. The van der Waals surface area contributed by atoms with Crippen molar-refractivity contribution in [1.82, 2.24) is 10.3 Å². The first-order valence-corrected chi connectivity index (χ1v) is 9.18. The van der Waals surface area contributed by atoms with Crippen LogP contribution in [0.1, 0.15) is 67.1 Å². The number of anilines is 2. The number of pyridine rings is 1. The van der Waals surface area contributed by atoms with E-state index in [0.29, 0.717) is 17.7 Å². The van der Waals surface area contributed by atoms with Gasteiger partial charge in [0.25, 0.3) is 5.91 Å². The summed E-state index contributed by atoms with van der Waals surface area (Å²) in [6.45, 7) is 6.48. The van der Waals surface area contributed by atoms with Crippen LogP contribution in [0.25, 0.3) is 0 Å². The molecule has 2 aromatic rings. The zero-order chi connectivity index (χ0) is 17.8. The van der Waals surface area contributed by atoms with Crippen molar-refractivity contribution in [2.75, 3.05) is 5.32 Å². The normalized spacial score (nSPS) is 14.7. The molecule has 1 aromatic heterocycles. The van der Waals surface area contributed by atoms with Crippen LogP contribution in [0.4, 0.5) is 11.4 Å². The van der Waals surface area contributed by atoms with Crippen LogP contribution in [0, 0.1) is 6.92 Å². The van der Waals surface area contributed by atoms with E-state index in [2.05, 4.69) is 54.6 Å². The van der Waals surface area contributed by atoms with Crippen molar-refractivity contribution in [3.8, 4) is 0 Å². The summed E-state index contributed by atoms with van der Waals surface area (Å²) in [5.74, 6) is 0.365. The van der Waals surface area contributed by atoms with Crippen LogP contribution in [0.15, 0.2) is 36.5 Å². The van der Waals surface area contributed by atoms with E-state index >= 15 is 0 Å². The molecule has 1 aromatic carbocycles. The highest BCUT2D eigenvalue weighted by Crippen LogP contribution is 2.30. The standard InChI is InChI=1S/C21H27N3O/c1-14(2)18-10-6-7-15(3)20(18)23-17-11-12-19(22-13-17)21(25)24-16-8-4-5-9-16/h6-7,10-14,16,23H,4-5,8-9H2,1-3H3,(H,24,25). The molecule has 4 nitrogen and oxygen atoms in total. The Balaban J connectivity index is 1.72.